The number of anilines is 1. The van der Waals surface area contributed by atoms with Crippen molar-refractivity contribution in [2.75, 3.05) is 5.32 Å². The summed E-state index contributed by atoms with van der Waals surface area (Å²) in [5.41, 5.74) is 4.38. The lowest BCUT2D eigenvalue weighted by atomic mass is 10.2. The number of hydrogen-bond donors (Lipinski definition) is 2. The van der Waals surface area contributed by atoms with Crippen molar-refractivity contribution in [3.05, 3.63) is 70.9 Å². The minimum atomic E-state index is -0.0947. The van der Waals surface area contributed by atoms with Gasteiger partial charge in [0.25, 0.3) is 5.91 Å². The van der Waals surface area contributed by atoms with Crippen molar-refractivity contribution in [2.24, 2.45) is 0 Å². The molecule has 0 spiro atoms. The van der Waals surface area contributed by atoms with Crippen molar-refractivity contribution in [1.29, 1.82) is 0 Å². The number of amides is 1. The van der Waals surface area contributed by atoms with Crippen LogP contribution in [0.3, 0.4) is 0 Å². The van der Waals surface area contributed by atoms with Crippen LogP contribution in [0.15, 0.2) is 65.4 Å². The summed E-state index contributed by atoms with van der Waals surface area (Å²) in [4.78, 5) is 19.9. The van der Waals surface area contributed by atoms with Gasteiger partial charge in [-0.05, 0) is 47.8 Å². The molecule has 0 radical (unpaired) electrons. The second-order valence-corrected chi connectivity index (χ2v) is 5.93. The lowest BCUT2D eigenvalue weighted by molar-refractivity contribution is 0.102. The zero-order valence-electron chi connectivity index (χ0n) is 12.1. The van der Waals surface area contributed by atoms with E-state index in [2.05, 4.69) is 15.3 Å². The van der Waals surface area contributed by atoms with Crippen LogP contribution in [0.5, 0.6) is 0 Å². The Labute approximate surface area is 136 Å². The van der Waals surface area contributed by atoms with Crippen LogP contribution in [0, 0.1) is 0 Å². The van der Waals surface area contributed by atoms with Crippen LogP contribution in [0.25, 0.3) is 22.4 Å². The molecule has 112 valence electrons. The van der Waals surface area contributed by atoms with Crippen molar-refractivity contribution in [3.8, 4) is 11.4 Å². The lowest BCUT2D eigenvalue weighted by Gasteiger charge is -2.04. The molecule has 0 saturated carbocycles. The fraction of sp³-hybridized carbons (Fsp3) is 0. The maximum atomic E-state index is 12.0. The number of H-pyrrole nitrogens is 1. The van der Waals surface area contributed by atoms with E-state index in [1.165, 1.54) is 11.3 Å². The van der Waals surface area contributed by atoms with E-state index in [-0.39, 0.29) is 5.91 Å². The van der Waals surface area contributed by atoms with E-state index >= 15 is 0 Å². The number of carbonyl (C=O) groups excluding carboxylic acids is 1. The Bertz CT molecular complexity index is 923. The van der Waals surface area contributed by atoms with Gasteiger partial charge in [0.05, 0.1) is 16.6 Å². The number of rotatable bonds is 3. The van der Waals surface area contributed by atoms with E-state index in [9.17, 15) is 4.79 Å². The zero-order chi connectivity index (χ0) is 15.6. The van der Waals surface area contributed by atoms with Gasteiger partial charge in [-0.15, -0.1) is 0 Å². The zero-order valence-corrected chi connectivity index (χ0v) is 12.9. The second-order valence-electron chi connectivity index (χ2n) is 5.15. The van der Waals surface area contributed by atoms with Crippen LogP contribution in [-0.4, -0.2) is 15.9 Å². The van der Waals surface area contributed by atoms with E-state index in [0.717, 1.165) is 28.1 Å². The molecule has 0 atom stereocenters. The van der Waals surface area contributed by atoms with Gasteiger partial charge in [0.15, 0.2) is 0 Å². The topological polar surface area (TPSA) is 57.8 Å². The third-order valence-corrected chi connectivity index (χ3v) is 4.27. The molecule has 0 aliphatic carbocycles. The standard InChI is InChI=1S/C18H13N3OS/c22-18(13-9-10-23-11-13)19-14-7-5-12(6-8-14)17-20-15-3-1-2-4-16(15)21-17/h1-11H,(H,19,22)(H,20,21). The maximum absolute atomic E-state index is 12.0. The molecule has 2 aromatic carbocycles. The third kappa shape index (κ3) is 2.74. The Morgan fingerprint density at radius 2 is 1.87 bits per heavy atom. The van der Waals surface area contributed by atoms with E-state index < -0.39 is 0 Å². The fourth-order valence-electron chi connectivity index (χ4n) is 2.40. The number of hydrogen-bond acceptors (Lipinski definition) is 3. The van der Waals surface area contributed by atoms with Crippen LogP contribution in [0.2, 0.25) is 0 Å². The highest BCUT2D eigenvalue weighted by atomic mass is 32.1. The first kappa shape index (κ1) is 13.7. The van der Waals surface area contributed by atoms with Crippen LogP contribution in [0.1, 0.15) is 10.4 Å². The SMILES string of the molecule is O=C(Nc1ccc(-c2nc3ccccc3[nH]2)cc1)c1ccsc1. The molecule has 2 heterocycles. The second kappa shape index (κ2) is 5.70. The molecular weight excluding hydrogens is 306 g/mol. The molecule has 0 saturated heterocycles. The summed E-state index contributed by atoms with van der Waals surface area (Å²) in [5.74, 6) is 0.727. The molecule has 5 heteroatoms. The molecule has 2 aromatic heterocycles. The Hall–Kier alpha value is -2.92. The van der Waals surface area contributed by atoms with Crippen molar-refractivity contribution < 1.29 is 4.79 Å². The minimum absolute atomic E-state index is 0.0947. The molecule has 4 aromatic rings. The first-order chi connectivity index (χ1) is 11.3. The van der Waals surface area contributed by atoms with Gasteiger partial charge < -0.3 is 10.3 Å². The molecular formula is C18H13N3OS. The number of carbonyl (C=O) groups is 1. The van der Waals surface area contributed by atoms with Gasteiger partial charge in [-0.3, -0.25) is 4.79 Å². The van der Waals surface area contributed by atoms with Crippen molar-refractivity contribution in [1.82, 2.24) is 9.97 Å². The minimum Gasteiger partial charge on any atom is -0.338 e. The summed E-state index contributed by atoms with van der Waals surface area (Å²) in [7, 11) is 0. The average Bonchev–Trinajstić information content (AvgIpc) is 3.25. The highest BCUT2D eigenvalue weighted by Crippen LogP contribution is 2.22. The number of thiophene rings is 1. The number of nitrogens with zero attached hydrogens (tertiary/aromatic N) is 1. The lowest BCUT2D eigenvalue weighted by Crippen LogP contribution is -2.10. The molecule has 23 heavy (non-hydrogen) atoms. The molecule has 0 aliphatic rings. The largest absolute Gasteiger partial charge is 0.338 e. The van der Waals surface area contributed by atoms with Crippen LogP contribution in [-0.2, 0) is 0 Å². The highest BCUT2D eigenvalue weighted by molar-refractivity contribution is 7.08. The van der Waals surface area contributed by atoms with Gasteiger partial charge in [-0.25, -0.2) is 4.98 Å². The number of imidazole rings is 1. The van der Waals surface area contributed by atoms with Gasteiger partial charge in [0.2, 0.25) is 0 Å². The van der Waals surface area contributed by atoms with Gasteiger partial charge in [0.1, 0.15) is 5.82 Å². The molecule has 2 N–H and O–H groups in total. The van der Waals surface area contributed by atoms with Gasteiger partial charge in [0, 0.05) is 16.6 Å². The van der Waals surface area contributed by atoms with Gasteiger partial charge in [-0.1, -0.05) is 12.1 Å². The smallest absolute Gasteiger partial charge is 0.256 e. The first-order valence-electron chi connectivity index (χ1n) is 7.18. The Balaban J connectivity index is 1.57. The van der Waals surface area contributed by atoms with Crippen molar-refractivity contribution in [3.63, 3.8) is 0 Å². The fourth-order valence-corrected chi connectivity index (χ4v) is 3.03. The van der Waals surface area contributed by atoms with Crippen molar-refractivity contribution >= 4 is 34.0 Å². The number of aromatic nitrogens is 2. The van der Waals surface area contributed by atoms with E-state index in [0.29, 0.717) is 5.56 Å². The predicted octanol–water partition coefficient (Wildman–Crippen LogP) is 4.54. The number of aromatic amines is 1. The Morgan fingerprint density at radius 1 is 1.04 bits per heavy atom. The summed E-state index contributed by atoms with van der Waals surface area (Å²) in [5, 5.41) is 6.61. The summed E-state index contributed by atoms with van der Waals surface area (Å²) >= 11 is 1.51. The molecule has 4 nitrogen and oxygen atoms in total. The van der Waals surface area contributed by atoms with E-state index in [4.69, 9.17) is 0 Å². The summed E-state index contributed by atoms with van der Waals surface area (Å²) < 4.78 is 0. The summed E-state index contributed by atoms with van der Waals surface area (Å²) in [6, 6.07) is 17.4. The van der Waals surface area contributed by atoms with Crippen molar-refractivity contribution in [2.45, 2.75) is 0 Å². The molecule has 0 unspecified atom stereocenters. The Kier molecular flexibility index (Phi) is 3.40. The van der Waals surface area contributed by atoms with E-state index in [1.54, 1.807) is 0 Å². The first-order valence-corrected chi connectivity index (χ1v) is 8.12. The number of nitrogens with one attached hydrogen (secondary N) is 2. The van der Waals surface area contributed by atoms with Crippen LogP contribution >= 0.6 is 11.3 Å². The molecule has 4 rings (SSSR count). The van der Waals surface area contributed by atoms with E-state index in [1.807, 2.05) is 65.4 Å². The monoisotopic (exact) mass is 319 g/mol. The quantitative estimate of drug-likeness (QED) is 0.582. The van der Waals surface area contributed by atoms with Gasteiger partial charge >= 0.3 is 0 Å². The molecule has 0 aliphatic heterocycles. The Morgan fingerprint density at radius 3 is 2.61 bits per heavy atom. The third-order valence-electron chi connectivity index (χ3n) is 3.59. The summed E-state index contributed by atoms with van der Waals surface area (Å²) in [6.45, 7) is 0. The molecule has 1 amide bonds. The van der Waals surface area contributed by atoms with Gasteiger partial charge in [-0.2, -0.15) is 11.3 Å². The summed E-state index contributed by atoms with van der Waals surface area (Å²) in [6.07, 6.45) is 0. The number of fused-ring (bicyclic) bond motifs is 1. The predicted molar refractivity (Wildman–Crippen MR) is 93.8 cm³/mol. The van der Waals surface area contributed by atoms with Crippen LogP contribution < -0.4 is 5.32 Å². The molecule has 0 fully saturated rings. The highest BCUT2D eigenvalue weighted by Gasteiger charge is 2.08. The normalized spacial score (nSPS) is 10.8. The van der Waals surface area contributed by atoms with Crippen LogP contribution in [0.4, 0.5) is 5.69 Å². The molecule has 0 bridgehead atoms. The number of benzene rings is 2. The number of para-hydroxylation sites is 2. The average molecular weight is 319 g/mol. The maximum Gasteiger partial charge on any atom is 0.256 e.